The van der Waals surface area contributed by atoms with Crippen LogP contribution in [0.4, 0.5) is 5.69 Å². The minimum Gasteiger partial charge on any atom is -0.452 e. The lowest BCUT2D eigenvalue weighted by molar-refractivity contribution is -0.387. The highest BCUT2D eigenvalue weighted by Crippen LogP contribution is 2.28. The molecule has 1 heterocycles. The Morgan fingerprint density at radius 3 is 2.79 bits per heavy atom. The molecule has 0 fully saturated rings. The van der Waals surface area contributed by atoms with Crippen molar-refractivity contribution in [3.63, 3.8) is 0 Å². The van der Waals surface area contributed by atoms with Gasteiger partial charge in [-0.2, -0.15) is 0 Å². The summed E-state index contributed by atoms with van der Waals surface area (Å²) in [6.07, 6.45) is 4.25. The number of carbonyl (C=O) groups is 2. The van der Waals surface area contributed by atoms with Gasteiger partial charge in [-0.15, -0.1) is 11.8 Å². The number of nitrogens with one attached hydrogen (secondary N) is 2. The third-order valence-electron chi connectivity index (χ3n) is 4.34. The summed E-state index contributed by atoms with van der Waals surface area (Å²) in [5.74, 6) is -1.22. The summed E-state index contributed by atoms with van der Waals surface area (Å²) in [5, 5.41) is 14.9. The topological polar surface area (TPSA) is 114 Å². The molecule has 0 spiro atoms. The van der Waals surface area contributed by atoms with Crippen LogP contribution in [0, 0.1) is 10.1 Å². The molecule has 0 bridgehead atoms. The highest BCUT2D eigenvalue weighted by atomic mass is 32.2. The van der Waals surface area contributed by atoms with Crippen molar-refractivity contribution in [3.05, 3.63) is 69.9 Å². The van der Waals surface area contributed by atoms with Crippen LogP contribution in [0.1, 0.15) is 15.9 Å². The molecule has 0 unspecified atom stereocenters. The molecule has 3 aromatic rings. The summed E-state index contributed by atoms with van der Waals surface area (Å²) in [4.78, 5) is 38.2. The van der Waals surface area contributed by atoms with Crippen molar-refractivity contribution >= 4 is 40.2 Å². The van der Waals surface area contributed by atoms with E-state index < -0.39 is 23.4 Å². The average Bonchev–Trinajstić information content (AvgIpc) is 3.14. The molecule has 0 saturated carbocycles. The molecular formula is C20H19N3O5S. The molecule has 2 N–H and O–H groups in total. The van der Waals surface area contributed by atoms with Crippen LogP contribution in [-0.2, 0) is 16.0 Å². The van der Waals surface area contributed by atoms with Gasteiger partial charge in [0.15, 0.2) is 6.61 Å². The first kappa shape index (κ1) is 20.4. The van der Waals surface area contributed by atoms with Crippen LogP contribution in [0.5, 0.6) is 0 Å². The van der Waals surface area contributed by atoms with Crippen molar-refractivity contribution in [3.8, 4) is 0 Å². The van der Waals surface area contributed by atoms with Crippen molar-refractivity contribution in [2.45, 2.75) is 11.3 Å². The highest BCUT2D eigenvalue weighted by molar-refractivity contribution is 7.98. The zero-order chi connectivity index (χ0) is 20.8. The van der Waals surface area contributed by atoms with Gasteiger partial charge in [-0.05, 0) is 36.4 Å². The monoisotopic (exact) mass is 413 g/mol. The van der Waals surface area contributed by atoms with Crippen LogP contribution < -0.4 is 5.32 Å². The fourth-order valence-corrected chi connectivity index (χ4v) is 3.45. The molecule has 9 heteroatoms. The van der Waals surface area contributed by atoms with E-state index in [1.807, 2.05) is 30.5 Å². The first-order valence-corrected chi connectivity index (χ1v) is 10.0. The first-order chi connectivity index (χ1) is 14.0. The molecule has 0 aliphatic rings. The number of hydrogen-bond donors (Lipinski definition) is 2. The predicted molar refractivity (Wildman–Crippen MR) is 110 cm³/mol. The molecule has 1 aromatic heterocycles. The van der Waals surface area contributed by atoms with E-state index in [2.05, 4.69) is 10.3 Å². The van der Waals surface area contributed by atoms with E-state index in [-0.39, 0.29) is 11.3 Å². The summed E-state index contributed by atoms with van der Waals surface area (Å²) >= 11 is 1.21. The van der Waals surface area contributed by atoms with E-state index in [4.69, 9.17) is 4.74 Å². The van der Waals surface area contributed by atoms with E-state index in [0.717, 1.165) is 22.5 Å². The molecule has 29 heavy (non-hydrogen) atoms. The normalized spacial score (nSPS) is 10.7. The minimum absolute atomic E-state index is 0.0288. The van der Waals surface area contributed by atoms with Crippen molar-refractivity contribution in [2.75, 3.05) is 19.4 Å². The Kier molecular flexibility index (Phi) is 6.50. The lowest BCUT2D eigenvalue weighted by Crippen LogP contribution is -2.30. The number of nitrogens with zero attached hydrogens (tertiary/aromatic N) is 1. The van der Waals surface area contributed by atoms with E-state index in [9.17, 15) is 19.7 Å². The summed E-state index contributed by atoms with van der Waals surface area (Å²) in [7, 11) is 0. The maximum Gasteiger partial charge on any atom is 0.338 e. The number of hydrogen-bond acceptors (Lipinski definition) is 6. The summed E-state index contributed by atoms with van der Waals surface area (Å²) < 4.78 is 4.97. The Labute approximate surface area is 170 Å². The number of amides is 1. The van der Waals surface area contributed by atoms with Crippen LogP contribution in [0.2, 0.25) is 0 Å². The van der Waals surface area contributed by atoms with Gasteiger partial charge in [0, 0.05) is 29.7 Å². The standard InChI is InChI=1S/C20H19N3O5S/c1-29-18-7-6-13(10-17(18)23(26)27)20(25)28-12-19(24)21-9-8-14-11-22-16-5-3-2-4-15(14)16/h2-7,10-11,22H,8-9,12H2,1H3,(H,21,24). The molecule has 0 atom stereocenters. The van der Waals surface area contributed by atoms with Crippen LogP contribution in [0.25, 0.3) is 10.9 Å². The van der Waals surface area contributed by atoms with E-state index in [1.54, 1.807) is 6.26 Å². The van der Waals surface area contributed by atoms with Gasteiger partial charge in [0.2, 0.25) is 0 Å². The maximum absolute atomic E-state index is 12.1. The van der Waals surface area contributed by atoms with E-state index in [0.29, 0.717) is 17.9 Å². The number of benzene rings is 2. The van der Waals surface area contributed by atoms with Gasteiger partial charge in [0.25, 0.3) is 11.6 Å². The predicted octanol–water partition coefficient (Wildman–Crippen LogP) is 3.31. The smallest absolute Gasteiger partial charge is 0.338 e. The van der Waals surface area contributed by atoms with Gasteiger partial charge in [-0.3, -0.25) is 14.9 Å². The number of nitro groups is 1. The van der Waals surface area contributed by atoms with Crippen molar-refractivity contribution < 1.29 is 19.2 Å². The Morgan fingerprint density at radius 2 is 2.03 bits per heavy atom. The SMILES string of the molecule is CSc1ccc(C(=O)OCC(=O)NCCc2c[nH]c3ccccc23)cc1[N+](=O)[O-]. The quantitative estimate of drug-likeness (QED) is 0.253. The number of esters is 1. The number of carbonyl (C=O) groups excluding carboxylic acids is 2. The van der Waals surface area contributed by atoms with Gasteiger partial charge in [-0.1, -0.05) is 18.2 Å². The van der Waals surface area contributed by atoms with Crippen molar-refractivity contribution in [1.29, 1.82) is 0 Å². The second-order valence-electron chi connectivity index (χ2n) is 6.18. The van der Waals surface area contributed by atoms with Crippen LogP contribution >= 0.6 is 11.8 Å². The lowest BCUT2D eigenvalue weighted by Gasteiger charge is -2.07. The third kappa shape index (κ3) is 4.94. The summed E-state index contributed by atoms with van der Waals surface area (Å²) in [6, 6.07) is 12.0. The maximum atomic E-state index is 12.1. The molecule has 8 nitrogen and oxygen atoms in total. The zero-order valence-electron chi connectivity index (χ0n) is 15.6. The van der Waals surface area contributed by atoms with Gasteiger partial charge < -0.3 is 15.0 Å². The Hall–Kier alpha value is -3.33. The molecule has 0 aliphatic heterocycles. The highest BCUT2D eigenvalue weighted by Gasteiger charge is 2.18. The summed E-state index contributed by atoms with van der Waals surface area (Å²) in [6.45, 7) is -0.0586. The molecule has 2 aromatic carbocycles. The zero-order valence-corrected chi connectivity index (χ0v) is 16.5. The number of H-pyrrole nitrogens is 1. The second-order valence-corrected chi connectivity index (χ2v) is 7.03. The average molecular weight is 413 g/mol. The van der Waals surface area contributed by atoms with Gasteiger partial charge >= 0.3 is 5.97 Å². The second kappa shape index (κ2) is 9.24. The van der Waals surface area contributed by atoms with Gasteiger partial charge in [0.05, 0.1) is 15.4 Å². The van der Waals surface area contributed by atoms with Crippen molar-refractivity contribution in [1.82, 2.24) is 10.3 Å². The number of rotatable bonds is 8. The fourth-order valence-electron chi connectivity index (χ4n) is 2.90. The number of aromatic amines is 1. The fraction of sp³-hybridized carbons (Fsp3) is 0.200. The molecule has 150 valence electrons. The lowest BCUT2D eigenvalue weighted by atomic mass is 10.1. The number of thioether (sulfide) groups is 1. The molecule has 0 saturated heterocycles. The van der Waals surface area contributed by atoms with Gasteiger partial charge in [0.1, 0.15) is 0 Å². The van der Waals surface area contributed by atoms with E-state index >= 15 is 0 Å². The van der Waals surface area contributed by atoms with Crippen LogP contribution in [-0.4, -0.2) is 41.2 Å². The molecular weight excluding hydrogens is 394 g/mol. The number of aromatic nitrogens is 1. The largest absolute Gasteiger partial charge is 0.452 e. The van der Waals surface area contributed by atoms with Gasteiger partial charge in [-0.25, -0.2) is 4.79 Å². The Morgan fingerprint density at radius 1 is 1.24 bits per heavy atom. The van der Waals surface area contributed by atoms with E-state index in [1.165, 1.54) is 23.9 Å². The number of para-hydroxylation sites is 1. The molecule has 0 aliphatic carbocycles. The first-order valence-electron chi connectivity index (χ1n) is 8.81. The van der Waals surface area contributed by atoms with Crippen LogP contribution in [0.3, 0.4) is 0 Å². The molecule has 3 rings (SSSR count). The number of fused-ring (bicyclic) bond motifs is 1. The molecule has 0 radical (unpaired) electrons. The van der Waals surface area contributed by atoms with Crippen LogP contribution in [0.15, 0.2) is 53.6 Å². The number of ether oxygens (including phenoxy) is 1. The summed E-state index contributed by atoms with van der Waals surface area (Å²) in [5.41, 5.74) is 1.97. The Balaban J connectivity index is 1.49. The Bertz CT molecular complexity index is 1060. The third-order valence-corrected chi connectivity index (χ3v) is 5.12. The minimum atomic E-state index is -0.785. The molecule has 1 amide bonds. The van der Waals surface area contributed by atoms with Crippen molar-refractivity contribution in [2.24, 2.45) is 0 Å². The number of nitro benzene ring substituents is 1.